The highest BCUT2D eigenvalue weighted by Gasteiger charge is 2.36. The number of ether oxygens (including phenoxy) is 3. The Balaban J connectivity index is 0.000000150. The fourth-order valence-corrected chi connectivity index (χ4v) is 17.9. The van der Waals surface area contributed by atoms with Crippen molar-refractivity contribution in [3.05, 3.63) is 315 Å². The number of amides is 6. The Labute approximate surface area is 797 Å². The number of aryl methyl sites for hydroxylation is 3. The normalized spacial score (nSPS) is 14.3. The summed E-state index contributed by atoms with van der Waals surface area (Å²) in [6, 6.07) is 55.0. The molecule has 9 N–H and O–H groups in total. The van der Waals surface area contributed by atoms with Crippen molar-refractivity contribution in [1.29, 1.82) is 0 Å². The quantitative estimate of drug-likeness (QED) is 0.0169. The molecule has 6 heterocycles. The van der Waals surface area contributed by atoms with Crippen LogP contribution in [0.15, 0.2) is 215 Å². The van der Waals surface area contributed by atoms with E-state index in [9.17, 15) is 68.7 Å². The zero-order valence-electron chi connectivity index (χ0n) is 78.0. The van der Waals surface area contributed by atoms with Crippen LogP contribution in [0.1, 0.15) is 168 Å². The molecule has 32 heteroatoms. The summed E-state index contributed by atoms with van der Waals surface area (Å²) in [5.74, 6) is 1.07. The Morgan fingerprint density at radius 3 is 0.971 bits per heavy atom. The summed E-state index contributed by atoms with van der Waals surface area (Å²) < 4.78 is 19.5. The Bertz CT molecular complexity index is 6740. The molecule has 3 saturated carbocycles. The van der Waals surface area contributed by atoms with Crippen molar-refractivity contribution in [3.63, 3.8) is 0 Å². The van der Waals surface area contributed by atoms with Crippen molar-refractivity contribution >= 4 is 87.0 Å². The van der Waals surface area contributed by atoms with Gasteiger partial charge in [-0.3, -0.25) is 43.2 Å². The number of nitrogens with zero attached hydrogens (tertiary/aromatic N) is 11. The van der Waals surface area contributed by atoms with Crippen LogP contribution >= 0.6 is 0 Å². The molecule has 12 aromatic rings. The molecular formula is C106H113N15O17. The molecule has 3 aliphatic heterocycles. The largest absolute Gasteiger partial charge is 0.395 e. The molecule has 0 saturated heterocycles. The molecule has 0 unspecified atom stereocenters. The number of aliphatic hydroxyl groups excluding tert-OH is 5. The first-order valence-corrected chi connectivity index (χ1v) is 46.5. The Morgan fingerprint density at radius 2 is 0.681 bits per heavy atom. The zero-order chi connectivity index (χ0) is 97.0. The van der Waals surface area contributed by atoms with Crippen LogP contribution in [-0.2, 0) is 74.4 Å². The van der Waals surface area contributed by atoms with Crippen LogP contribution in [0.3, 0.4) is 0 Å². The molecule has 0 spiro atoms. The van der Waals surface area contributed by atoms with Crippen LogP contribution in [0.5, 0.6) is 0 Å². The number of aromatic nitrogens is 6. The summed E-state index contributed by atoms with van der Waals surface area (Å²) in [6.07, 6.45) is 14.2. The molecule has 0 atom stereocenters. The van der Waals surface area contributed by atoms with E-state index in [0.29, 0.717) is 201 Å². The standard InChI is InChI=1S/C37H41N5O6.C35H37N5O6.C34H35N5O5/c1-40-22-32(39-34(37(40)46)38-28-12-9-25(10-13-28)35(44)41(17-19-47-2)18-20-48-3)30-5-4-6-33(31(30)23-43)42-16-15-27-21-26(24-7-8-24)11-14-29(27)36(42)45;1-38-20-30(37-32(35(38)46)36-26-10-7-23(8-11-26)33(44)39(15-17-41)16-18-42)28-3-2-4-31(29(28)21-43)40-14-13-25-19-24(22-5-6-22)9-12-27(25)34(40)45;1-38-19-29(37-31(34(38)43)36-25-11-8-22(9-12-25)32(41)35-15-17-44-2)27-4-3-5-30(28(27)20-40)39-16-14-24-18-23(21-6-7-21)10-13-26(24)33(39)42/h4-6,9-14,21-22,24,43H,7-8,15-20,23H2,1-3H3,(H,38,39);2-4,7-12,19-20,22,41-43H,5-6,13-18,21H2,1H3,(H,36,37);3-5,8-13,18-19,21,40H,6-7,14-17,20H2,1-2H3,(H,35,41)(H,36,37). The minimum absolute atomic E-state index is 0.0463. The van der Waals surface area contributed by atoms with Crippen LogP contribution in [0.4, 0.5) is 51.6 Å². The Kier molecular flexibility index (Phi) is 30.6. The van der Waals surface area contributed by atoms with E-state index in [-0.39, 0.29) is 116 Å². The molecule has 6 aliphatic rings. The van der Waals surface area contributed by atoms with E-state index in [2.05, 4.69) is 72.6 Å². The average molecular weight is 1870 g/mol. The predicted molar refractivity (Wildman–Crippen MR) is 527 cm³/mol. The molecule has 3 fully saturated rings. The highest BCUT2D eigenvalue weighted by Crippen LogP contribution is 2.46. The van der Waals surface area contributed by atoms with Gasteiger partial charge in [0.15, 0.2) is 17.5 Å². The molecule has 3 aromatic heterocycles. The Morgan fingerprint density at radius 1 is 0.377 bits per heavy atom. The van der Waals surface area contributed by atoms with Gasteiger partial charge in [0.1, 0.15) is 0 Å². The molecule has 138 heavy (non-hydrogen) atoms. The van der Waals surface area contributed by atoms with Gasteiger partial charge in [0, 0.05) is 197 Å². The maximum atomic E-state index is 13.7. The number of rotatable bonds is 34. The summed E-state index contributed by atoms with van der Waals surface area (Å²) in [5.41, 5.74) is 17.8. The van der Waals surface area contributed by atoms with Crippen LogP contribution in [0.25, 0.3) is 33.8 Å². The molecule has 3 aliphatic carbocycles. The van der Waals surface area contributed by atoms with Crippen molar-refractivity contribution in [2.75, 3.05) is 137 Å². The number of hydrogen-bond donors (Lipinski definition) is 9. The zero-order valence-corrected chi connectivity index (χ0v) is 78.0. The van der Waals surface area contributed by atoms with Gasteiger partial charge in [-0.25, -0.2) is 15.0 Å². The molecule has 32 nitrogen and oxygen atoms in total. The van der Waals surface area contributed by atoms with E-state index in [4.69, 9.17) is 14.2 Å². The molecule has 18 rings (SSSR count). The summed E-state index contributed by atoms with van der Waals surface area (Å²) in [4.78, 5) is 141. The number of carbonyl (C=O) groups is 6. The van der Waals surface area contributed by atoms with Crippen molar-refractivity contribution in [3.8, 4) is 33.8 Å². The van der Waals surface area contributed by atoms with Gasteiger partial charge in [-0.1, -0.05) is 72.8 Å². The van der Waals surface area contributed by atoms with Gasteiger partial charge in [-0.15, -0.1) is 0 Å². The molecule has 6 amide bonds. The number of aliphatic hydroxyl groups is 5. The number of methoxy groups -OCH3 is 3. The number of hydrogen-bond acceptors (Lipinski definition) is 23. The molecule has 9 aromatic carbocycles. The van der Waals surface area contributed by atoms with Gasteiger partial charge < -0.3 is 99.2 Å². The number of carbonyl (C=O) groups excluding carboxylic acids is 6. The monoisotopic (exact) mass is 1870 g/mol. The number of nitrogens with one attached hydrogen (secondary N) is 4. The van der Waals surface area contributed by atoms with Gasteiger partial charge >= 0.3 is 0 Å². The maximum Gasteiger partial charge on any atom is 0.293 e. The maximum absolute atomic E-state index is 13.7. The number of fused-ring (bicyclic) bond motifs is 3. The van der Waals surface area contributed by atoms with E-state index in [0.717, 1.165) is 29.5 Å². The fourth-order valence-electron chi connectivity index (χ4n) is 17.9. The van der Waals surface area contributed by atoms with Gasteiger partial charge in [0.2, 0.25) is 0 Å². The second-order valence-electron chi connectivity index (χ2n) is 35.1. The van der Waals surface area contributed by atoms with Crippen LogP contribution in [0, 0.1) is 0 Å². The van der Waals surface area contributed by atoms with Gasteiger partial charge in [-0.2, -0.15) is 0 Å². The van der Waals surface area contributed by atoms with E-state index < -0.39 is 0 Å². The molecular weight excluding hydrogens is 1760 g/mol. The second kappa shape index (κ2) is 43.7. The van der Waals surface area contributed by atoms with E-state index >= 15 is 0 Å². The average Bonchev–Trinajstić information content (AvgIpc) is 0.901. The SMILES string of the molecule is COCCN(CCOC)C(=O)c1ccc(Nc2nc(-c3cccc(N4CCc5cc(C6CC6)ccc5C4=O)c3CO)cn(C)c2=O)cc1.COCCNC(=O)c1ccc(Nc2nc(-c3cccc(N4CCc5cc(C6CC6)ccc5C4=O)c3CO)cn(C)c2=O)cc1.Cn1cc(-c2cccc(N3CCc4cc(C5CC5)ccc4C3=O)c2CO)nc(Nc2ccc(C(=O)N(CCO)CCO)cc2)c1=O. The van der Waals surface area contributed by atoms with Gasteiger partial charge in [0.25, 0.3) is 52.1 Å². The summed E-state index contributed by atoms with van der Waals surface area (Å²) in [7, 11) is 9.63. The van der Waals surface area contributed by atoms with E-state index in [1.807, 2.05) is 66.7 Å². The summed E-state index contributed by atoms with van der Waals surface area (Å²) >= 11 is 0. The topological polar surface area (TPSA) is 400 Å². The van der Waals surface area contributed by atoms with Crippen molar-refractivity contribution in [1.82, 2.24) is 43.8 Å². The third-order valence-electron chi connectivity index (χ3n) is 25.9. The minimum atomic E-state index is -0.379. The van der Waals surface area contributed by atoms with E-state index in [1.165, 1.54) is 73.8 Å². The van der Waals surface area contributed by atoms with E-state index in [1.54, 1.807) is 160 Å². The van der Waals surface area contributed by atoms with Gasteiger partial charge in [-0.05, 0) is 218 Å². The first-order chi connectivity index (χ1) is 67.0. The number of benzene rings is 9. The van der Waals surface area contributed by atoms with Gasteiger partial charge in [0.05, 0.1) is 87.0 Å². The highest BCUT2D eigenvalue weighted by molar-refractivity contribution is 6.11. The highest BCUT2D eigenvalue weighted by atomic mass is 16.5. The molecule has 0 bridgehead atoms. The first kappa shape index (κ1) is 96.6. The van der Waals surface area contributed by atoms with Crippen molar-refractivity contribution in [2.45, 2.75) is 95.4 Å². The van der Waals surface area contributed by atoms with Crippen molar-refractivity contribution in [2.24, 2.45) is 21.1 Å². The predicted octanol–water partition coefficient (Wildman–Crippen LogP) is 11.8. The van der Waals surface area contributed by atoms with Crippen LogP contribution in [0.2, 0.25) is 0 Å². The Hall–Kier alpha value is -14.5. The lowest BCUT2D eigenvalue weighted by atomic mass is 9.93. The third-order valence-corrected chi connectivity index (χ3v) is 25.9. The lowest BCUT2D eigenvalue weighted by Gasteiger charge is -2.31. The number of anilines is 9. The van der Waals surface area contributed by atoms with Crippen molar-refractivity contribution < 1.29 is 68.5 Å². The summed E-state index contributed by atoms with van der Waals surface area (Å²) in [6.45, 7) is 2.77. The summed E-state index contributed by atoms with van der Waals surface area (Å²) in [5, 5.41) is 62.2. The van der Waals surface area contributed by atoms with Crippen LogP contribution < -0.4 is 52.6 Å². The minimum Gasteiger partial charge on any atom is -0.395 e. The third kappa shape index (κ3) is 21.7. The fraction of sp³-hybridized carbons (Fsp3) is 0.321. The lowest BCUT2D eigenvalue weighted by molar-refractivity contribution is 0.0626. The lowest BCUT2D eigenvalue weighted by Crippen LogP contribution is -2.38. The first-order valence-electron chi connectivity index (χ1n) is 46.5. The van der Waals surface area contributed by atoms with Crippen LogP contribution in [-0.4, -0.2) is 206 Å². The smallest absolute Gasteiger partial charge is 0.293 e. The second-order valence-corrected chi connectivity index (χ2v) is 35.1. The molecule has 714 valence electrons. The molecule has 0 radical (unpaired) electrons.